The molecule has 0 fully saturated rings. The van der Waals surface area contributed by atoms with Gasteiger partial charge in [0.05, 0.1) is 0 Å². The predicted molar refractivity (Wildman–Crippen MR) is 44.0 cm³/mol. The molecule has 70 valence electrons. The Morgan fingerprint density at radius 2 is 1.38 bits per heavy atom. The van der Waals surface area contributed by atoms with Gasteiger partial charge < -0.3 is 10.2 Å². The van der Waals surface area contributed by atoms with E-state index in [9.17, 15) is 9.59 Å². The standard InChI is InChI=1S/C7H8N2O4/c10-6(11)4-2-1-3-5(7(12)13)9-8-4/h1-3H2,(H,10,11)(H,12,13). The lowest BCUT2D eigenvalue weighted by Gasteiger charge is -1.93. The molecule has 0 amide bonds. The molecule has 0 saturated heterocycles. The van der Waals surface area contributed by atoms with Crippen LogP contribution in [0.1, 0.15) is 19.3 Å². The zero-order valence-corrected chi connectivity index (χ0v) is 6.73. The molecule has 0 aromatic rings. The molecule has 0 aromatic carbocycles. The lowest BCUT2D eigenvalue weighted by molar-refractivity contribution is -0.130. The maximum atomic E-state index is 10.4. The summed E-state index contributed by atoms with van der Waals surface area (Å²) in [6.45, 7) is 0. The Morgan fingerprint density at radius 1 is 1.00 bits per heavy atom. The summed E-state index contributed by atoms with van der Waals surface area (Å²) >= 11 is 0. The minimum Gasteiger partial charge on any atom is -0.477 e. The average molecular weight is 184 g/mol. The monoisotopic (exact) mass is 184 g/mol. The fourth-order valence-corrected chi connectivity index (χ4v) is 0.943. The number of carboxylic acids is 2. The van der Waals surface area contributed by atoms with Gasteiger partial charge in [0, 0.05) is 0 Å². The Hall–Kier alpha value is -1.72. The molecule has 1 aliphatic heterocycles. The van der Waals surface area contributed by atoms with Crippen molar-refractivity contribution in [2.75, 3.05) is 0 Å². The van der Waals surface area contributed by atoms with E-state index < -0.39 is 11.9 Å². The minimum absolute atomic E-state index is 0.0868. The fraction of sp³-hybridized carbons (Fsp3) is 0.429. The molecular formula is C7H8N2O4. The highest BCUT2D eigenvalue weighted by molar-refractivity contribution is 6.38. The molecule has 0 unspecified atom stereocenters. The van der Waals surface area contributed by atoms with Gasteiger partial charge in [-0.1, -0.05) is 0 Å². The van der Waals surface area contributed by atoms with Crippen molar-refractivity contribution in [2.45, 2.75) is 19.3 Å². The van der Waals surface area contributed by atoms with Crippen molar-refractivity contribution in [2.24, 2.45) is 10.2 Å². The summed E-state index contributed by atoms with van der Waals surface area (Å²) in [7, 11) is 0. The van der Waals surface area contributed by atoms with Crippen LogP contribution < -0.4 is 0 Å². The molecule has 2 N–H and O–H groups in total. The van der Waals surface area contributed by atoms with E-state index in [0.717, 1.165) is 0 Å². The van der Waals surface area contributed by atoms with Gasteiger partial charge in [-0.05, 0) is 19.3 Å². The Balaban J connectivity index is 2.84. The highest BCUT2D eigenvalue weighted by Crippen LogP contribution is 2.06. The van der Waals surface area contributed by atoms with Gasteiger partial charge in [0.25, 0.3) is 0 Å². The number of rotatable bonds is 2. The highest BCUT2D eigenvalue weighted by atomic mass is 16.4. The first-order valence-electron chi connectivity index (χ1n) is 3.71. The number of nitrogens with zero attached hydrogens (tertiary/aromatic N) is 2. The fourth-order valence-electron chi connectivity index (χ4n) is 0.943. The first kappa shape index (κ1) is 9.37. The second-order valence-corrected chi connectivity index (χ2v) is 2.56. The van der Waals surface area contributed by atoms with Crippen molar-refractivity contribution in [3.8, 4) is 0 Å². The molecule has 0 aromatic heterocycles. The number of carbonyl (C=O) groups is 2. The zero-order chi connectivity index (χ0) is 9.84. The smallest absolute Gasteiger partial charge is 0.352 e. The van der Waals surface area contributed by atoms with Crippen molar-refractivity contribution < 1.29 is 19.8 Å². The van der Waals surface area contributed by atoms with Crippen LogP contribution >= 0.6 is 0 Å². The van der Waals surface area contributed by atoms with Gasteiger partial charge in [0.2, 0.25) is 0 Å². The molecule has 0 atom stereocenters. The van der Waals surface area contributed by atoms with Crippen LogP contribution in [0.3, 0.4) is 0 Å². The van der Waals surface area contributed by atoms with Crippen LogP contribution in [0.2, 0.25) is 0 Å². The predicted octanol–water partition coefficient (Wildman–Crippen LogP) is 0.136. The quantitative estimate of drug-likeness (QED) is 0.637. The molecule has 0 spiro atoms. The SMILES string of the molecule is O=C(O)C1=NN=C(C(=O)O)CCC1. The van der Waals surface area contributed by atoms with Crippen LogP contribution in [0.15, 0.2) is 10.2 Å². The number of aliphatic carboxylic acids is 2. The van der Waals surface area contributed by atoms with Crippen LogP contribution in [-0.4, -0.2) is 33.6 Å². The molecule has 1 aliphatic rings. The van der Waals surface area contributed by atoms with E-state index in [4.69, 9.17) is 10.2 Å². The Bertz CT molecular complexity index is 276. The normalized spacial score (nSPS) is 16.9. The molecule has 6 heteroatoms. The number of hydrogen-bond acceptors (Lipinski definition) is 4. The summed E-state index contributed by atoms with van der Waals surface area (Å²) in [5.74, 6) is -2.29. The van der Waals surface area contributed by atoms with Crippen LogP contribution in [0.4, 0.5) is 0 Å². The third kappa shape index (κ3) is 2.36. The summed E-state index contributed by atoms with van der Waals surface area (Å²) in [5, 5.41) is 23.8. The first-order valence-corrected chi connectivity index (χ1v) is 3.71. The minimum atomic E-state index is -1.14. The molecule has 0 radical (unpaired) electrons. The van der Waals surface area contributed by atoms with Gasteiger partial charge in [-0.3, -0.25) is 0 Å². The second kappa shape index (κ2) is 3.79. The van der Waals surface area contributed by atoms with Crippen molar-refractivity contribution >= 4 is 23.4 Å². The summed E-state index contributed by atoms with van der Waals surface area (Å²) in [4.78, 5) is 20.9. The number of carboxylic acid groups (broad SMARTS) is 2. The van der Waals surface area contributed by atoms with E-state index >= 15 is 0 Å². The highest BCUT2D eigenvalue weighted by Gasteiger charge is 2.16. The van der Waals surface area contributed by atoms with Gasteiger partial charge in [0.1, 0.15) is 11.4 Å². The van der Waals surface area contributed by atoms with Crippen LogP contribution in [0, 0.1) is 0 Å². The van der Waals surface area contributed by atoms with Gasteiger partial charge in [-0.2, -0.15) is 0 Å². The first-order chi connectivity index (χ1) is 6.11. The van der Waals surface area contributed by atoms with Crippen molar-refractivity contribution in [3.05, 3.63) is 0 Å². The summed E-state index contributed by atoms with van der Waals surface area (Å²) < 4.78 is 0. The molecule has 6 nitrogen and oxygen atoms in total. The Kier molecular flexibility index (Phi) is 2.73. The Morgan fingerprint density at radius 3 is 1.69 bits per heavy atom. The molecule has 1 heterocycles. The van der Waals surface area contributed by atoms with Crippen molar-refractivity contribution in [3.63, 3.8) is 0 Å². The van der Waals surface area contributed by atoms with Crippen LogP contribution in [0.5, 0.6) is 0 Å². The van der Waals surface area contributed by atoms with Gasteiger partial charge in [-0.15, -0.1) is 10.2 Å². The van der Waals surface area contributed by atoms with Crippen molar-refractivity contribution in [1.82, 2.24) is 0 Å². The topological polar surface area (TPSA) is 99.3 Å². The largest absolute Gasteiger partial charge is 0.477 e. The van der Waals surface area contributed by atoms with Gasteiger partial charge >= 0.3 is 11.9 Å². The number of hydrogen-bond donors (Lipinski definition) is 2. The van der Waals surface area contributed by atoms with Gasteiger partial charge in [0.15, 0.2) is 0 Å². The van der Waals surface area contributed by atoms with E-state index in [2.05, 4.69) is 10.2 Å². The summed E-state index contributed by atoms with van der Waals surface area (Å²) in [6.07, 6.45) is 0.974. The van der Waals surface area contributed by atoms with E-state index in [1.165, 1.54) is 0 Å². The third-order valence-corrected chi connectivity index (χ3v) is 1.61. The van der Waals surface area contributed by atoms with Crippen LogP contribution in [0.25, 0.3) is 0 Å². The lowest BCUT2D eigenvalue weighted by atomic mass is 10.1. The molecule has 0 saturated carbocycles. The van der Waals surface area contributed by atoms with Gasteiger partial charge in [-0.25, -0.2) is 9.59 Å². The maximum absolute atomic E-state index is 10.4. The summed E-state index contributed by atoms with van der Waals surface area (Å²) in [6, 6.07) is 0. The van der Waals surface area contributed by atoms with Crippen LogP contribution in [-0.2, 0) is 9.59 Å². The summed E-state index contributed by atoms with van der Waals surface area (Å²) in [5.41, 5.74) is -0.174. The van der Waals surface area contributed by atoms with Crippen molar-refractivity contribution in [1.29, 1.82) is 0 Å². The molecule has 1 rings (SSSR count). The Labute approximate surface area is 73.6 Å². The third-order valence-electron chi connectivity index (χ3n) is 1.61. The molecule has 13 heavy (non-hydrogen) atoms. The van der Waals surface area contributed by atoms with E-state index in [0.29, 0.717) is 6.42 Å². The van der Waals surface area contributed by atoms with E-state index in [1.54, 1.807) is 0 Å². The molecular weight excluding hydrogens is 176 g/mol. The lowest BCUT2D eigenvalue weighted by Crippen LogP contribution is -2.12. The molecule has 0 bridgehead atoms. The maximum Gasteiger partial charge on any atom is 0.352 e. The molecule has 0 aliphatic carbocycles. The van der Waals surface area contributed by atoms with E-state index in [1.807, 2.05) is 0 Å². The average Bonchev–Trinajstić information content (AvgIpc) is 2.27. The zero-order valence-electron chi connectivity index (χ0n) is 6.73. The van der Waals surface area contributed by atoms with E-state index in [-0.39, 0.29) is 24.3 Å². The second-order valence-electron chi connectivity index (χ2n) is 2.56.